The van der Waals surface area contributed by atoms with E-state index in [4.69, 9.17) is 21.4 Å². The average Bonchev–Trinajstić information content (AvgIpc) is 2.55. The van der Waals surface area contributed by atoms with Crippen molar-refractivity contribution in [2.75, 3.05) is 5.32 Å². The van der Waals surface area contributed by atoms with Crippen LogP contribution in [0.4, 0.5) is 5.69 Å². The molecule has 0 aliphatic heterocycles. The van der Waals surface area contributed by atoms with E-state index in [1.165, 1.54) is 5.56 Å². The Balaban J connectivity index is 1.90. The summed E-state index contributed by atoms with van der Waals surface area (Å²) in [6.07, 6.45) is 0. The van der Waals surface area contributed by atoms with Crippen molar-refractivity contribution >= 4 is 34.2 Å². The summed E-state index contributed by atoms with van der Waals surface area (Å²) in [7, 11) is 0. The van der Waals surface area contributed by atoms with Gasteiger partial charge in [0.1, 0.15) is 11.1 Å². The predicted molar refractivity (Wildman–Crippen MR) is 95.6 cm³/mol. The van der Waals surface area contributed by atoms with Gasteiger partial charge >= 0.3 is 0 Å². The Morgan fingerprint density at radius 1 is 1.12 bits per heavy atom. The normalized spacial score (nSPS) is 11.0. The molecule has 0 bridgehead atoms. The maximum absolute atomic E-state index is 12.5. The van der Waals surface area contributed by atoms with E-state index in [1.54, 1.807) is 24.3 Å². The average molecular weight is 341 g/mol. The van der Waals surface area contributed by atoms with Crippen LogP contribution in [-0.2, 0) is 0 Å². The van der Waals surface area contributed by atoms with Crippen LogP contribution in [0.1, 0.15) is 35.7 Å². The lowest BCUT2D eigenvalue weighted by atomic mass is 10.0. The van der Waals surface area contributed by atoms with E-state index < -0.39 is 0 Å². The summed E-state index contributed by atoms with van der Waals surface area (Å²) < 4.78 is 5.40. The van der Waals surface area contributed by atoms with Crippen molar-refractivity contribution in [2.45, 2.75) is 19.8 Å². The van der Waals surface area contributed by atoms with Crippen LogP contribution >= 0.6 is 11.6 Å². The van der Waals surface area contributed by atoms with Crippen molar-refractivity contribution in [1.82, 2.24) is 0 Å². The first kappa shape index (κ1) is 16.3. The Labute approximate surface area is 144 Å². The molecule has 0 saturated carbocycles. The number of rotatable bonds is 3. The van der Waals surface area contributed by atoms with Gasteiger partial charge in [0, 0.05) is 16.1 Å². The van der Waals surface area contributed by atoms with Crippen LogP contribution in [0.2, 0.25) is 5.02 Å². The summed E-state index contributed by atoms with van der Waals surface area (Å²) in [6, 6.07) is 14.3. The Kier molecular flexibility index (Phi) is 4.40. The van der Waals surface area contributed by atoms with E-state index >= 15 is 0 Å². The van der Waals surface area contributed by atoms with E-state index in [0.29, 0.717) is 27.6 Å². The molecule has 1 heterocycles. The fourth-order valence-electron chi connectivity index (χ4n) is 2.43. The van der Waals surface area contributed by atoms with Crippen LogP contribution in [0.3, 0.4) is 0 Å². The SMILES string of the molecule is CC(C)c1ccc(NC(=O)c2cc3cc(Cl)ccc3oc2=N)cc1. The van der Waals surface area contributed by atoms with Crippen molar-refractivity contribution in [1.29, 1.82) is 5.41 Å². The molecule has 0 unspecified atom stereocenters. The summed E-state index contributed by atoms with van der Waals surface area (Å²) in [5.41, 5.74) is 2.38. The standard InChI is InChI=1S/C19H17ClN2O2/c1-11(2)12-3-6-15(7-4-12)22-19(23)16-10-13-9-14(20)5-8-17(13)24-18(16)21/h3-11,21H,1-2H3,(H,22,23). The van der Waals surface area contributed by atoms with Crippen molar-refractivity contribution in [3.63, 3.8) is 0 Å². The number of hydrogen-bond donors (Lipinski definition) is 2. The number of nitrogens with one attached hydrogen (secondary N) is 2. The Morgan fingerprint density at radius 2 is 1.83 bits per heavy atom. The van der Waals surface area contributed by atoms with E-state index in [0.717, 1.165) is 0 Å². The molecule has 5 heteroatoms. The lowest BCUT2D eigenvalue weighted by Gasteiger charge is -2.09. The quantitative estimate of drug-likeness (QED) is 0.709. The lowest BCUT2D eigenvalue weighted by Crippen LogP contribution is -2.20. The van der Waals surface area contributed by atoms with Gasteiger partial charge in [0.2, 0.25) is 5.55 Å². The summed E-state index contributed by atoms with van der Waals surface area (Å²) in [5.74, 6) is 0.0431. The van der Waals surface area contributed by atoms with Crippen LogP contribution in [0, 0.1) is 5.41 Å². The summed E-state index contributed by atoms with van der Waals surface area (Å²) in [5, 5.41) is 12.0. The monoisotopic (exact) mass is 340 g/mol. The fraction of sp³-hybridized carbons (Fsp3) is 0.158. The number of anilines is 1. The van der Waals surface area contributed by atoms with Crippen LogP contribution in [0.25, 0.3) is 11.0 Å². The maximum Gasteiger partial charge on any atom is 0.261 e. The highest BCUT2D eigenvalue weighted by molar-refractivity contribution is 6.31. The van der Waals surface area contributed by atoms with Crippen LogP contribution in [0.15, 0.2) is 52.9 Å². The Hall–Kier alpha value is -2.59. The van der Waals surface area contributed by atoms with Crippen LogP contribution in [0.5, 0.6) is 0 Å². The molecule has 0 spiro atoms. The van der Waals surface area contributed by atoms with Crippen LogP contribution in [-0.4, -0.2) is 5.91 Å². The first-order valence-electron chi connectivity index (χ1n) is 7.63. The van der Waals surface area contributed by atoms with Gasteiger partial charge in [0.15, 0.2) is 0 Å². The Bertz CT molecular complexity index is 959. The van der Waals surface area contributed by atoms with Gasteiger partial charge in [-0.25, -0.2) is 0 Å². The zero-order valence-corrected chi connectivity index (χ0v) is 14.1. The summed E-state index contributed by atoms with van der Waals surface area (Å²) in [4.78, 5) is 12.5. The minimum atomic E-state index is -0.386. The predicted octanol–water partition coefficient (Wildman–Crippen LogP) is 4.94. The molecular formula is C19H17ClN2O2. The van der Waals surface area contributed by atoms with Crippen molar-refractivity contribution in [3.8, 4) is 0 Å². The number of amides is 1. The molecule has 0 atom stereocenters. The van der Waals surface area contributed by atoms with Crippen LogP contribution < -0.4 is 10.9 Å². The van der Waals surface area contributed by atoms with Gasteiger partial charge in [-0.1, -0.05) is 37.6 Å². The zero-order chi connectivity index (χ0) is 17.3. The minimum Gasteiger partial charge on any atom is -0.438 e. The summed E-state index contributed by atoms with van der Waals surface area (Å²) >= 11 is 5.97. The number of fused-ring (bicyclic) bond motifs is 1. The molecule has 122 valence electrons. The number of carbonyl (C=O) groups is 1. The topological polar surface area (TPSA) is 66.1 Å². The number of carbonyl (C=O) groups excluding carboxylic acids is 1. The molecule has 2 aromatic carbocycles. The molecule has 0 fully saturated rings. The second kappa shape index (κ2) is 6.49. The molecule has 0 saturated heterocycles. The van der Waals surface area contributed by atoms with Crippen molar-refractivity contribution in [3.05, 3.63) is 70.2 Å². The number of benzene rings is 2. The Morgan fingerprint density at radius 3 is 2.50 bits per heavy atom. The lowest BCUT2D eigenvalue weighted by molar-refractivity contribution is 0.102. The van der Waals surface area contributed by atoms with Gasteiger partial charge in [-0.15, -0.1) is 0 Å². The van der Waals surface area contributed by atoms with E-state index in [2.05, 4.69) is 19.2 Å². The fourth-order valence-corrected chi connectivity index (χ4v) is 2.61. The highest BCUT2D eigenvalue weighted by atomic mass is 35.5. The van der Waals surface area contributed by atoms with Gasteiger partial charge < -0.3 is 9.73 Å². The first-order chi connectivity index (χ1) is 11.4. The molecule has 1 aromatic heterocycles. The van der Waals surface area contributed by atoms with Gasteiger partial charge in [-0.2, -0.15) is 0 Å². The smallest absolute Gasteiger partial charge is 0.261 e. The molecule has 3 aromatic rings. The number of halogens is 1. The molecule has 4 nitrogen and oxygen atoms in total. The molecule has 1 amide bonds. The molecule has 0 aliphatic carbocycles. The maximum atomic E-state index is 12.5. The summed E-state index contributed by atoms with van der Waals surface area (Å²) in [6.45, 7) is 4.23. The third kappa shape index (κ3) is 3.34. The van der Waals surface area contributed by atoms with Gasteiger partial charge in [0.25, 0.3) is 5.91 Å². The van der Waals surface area contributed by atoms with Gasteiger partial charge in [-0.3, -0.25) is 10.2 Å². The highest BCUT2D eigenvalue weighted by Gasteiger charge is 2.12. The second-order valence-electron chi connectivity index (χ2n) is 5.90. The second-order valence-corrected chi connectivity index (χ2v) is 6.34. The van der Waals surface area contributed by atoms with Gasteiger partial charge in [0.05, 0.1) is 0 Å². The molecule has 2 N–H and O–H groups in total. The third-order valence-corrected chi connectivity index (χ3v) is 4.04. The van der Waals surface area contributed by atoms with E-state index in [9.17, 15) is 4.79 Å². The molecule has 0 radical (unpaired) electrons. The molecule has 24 heavy (non-hydrogen) atoms. The first-order valence-corrected chi connectivity index (χ1v) is 8.01. The molecule has 3 rings (SSSR count). The van der Waals surface area contributed by atoms with E-state index in [-0.39, 0.29) is 17.0 Å². The molecule has 0 aliphatic rings. The van der Waals surface area contributed by atoms with E-state index in [1.807, 2.05) is 24.3 Å². The number of hydrogen-bond acceptors (Lipinski definition) is 3. The third-order valence-electron chi connectivity index (χ3n) is 3.81. The zero-order valence-electron chi connectivity index (χ0n) is 13.4. The highest BCUT2D eigenvalue weighted by Crippen LogP contribution is 2.20. The van der Waals surface area contributed by atoms with Crippen molar-refractivity contribution in [2.24, 2.45) is 0 Å². The van der Waals surface area contributed by atoms with Crippen molar-refractivity contribution < 1.29 is 9.21 Å². The molecular weight excluding hydrogens is 324 g/mol. The minimum absolute atomic E-state index is 0.165. The largest absolute Gasteiger partial charge is 0.438 e. The van der Waals surface area contributed by atoms with Gasteiger partial charge in [-0.05, 0) is 47.9 Å².